The van der Waals surface area contributed by atoms with Crippen LogP contribution in [-0.4, -0.2) is 23.7 Å². The molecule has 0 saturated heterocycles. The van der Waals surface area contributed by atoms with Crippen LogP contribution in [0.2, 0.25) is 0 Å². The molecule has 1 amide bonds. The summed E-state index contributed by atoms with van der Waals surface area (Å²) in [5.74, 6) is 0.149. The van der Waals surface area contributed by atoms with Crippen LogP contribution < -0.4 is 5.32 Å². The summed E-state index contributed by atoms with van der Waals surface area (Å²) >= 11 is 0. The van der Waals surface area contributed by atoms with Crippen molar-refractivity contribution in [1.29, 1.82) is 0 Å². The summed E-state index contributed by atoms with van der Waals surface area (Å²) in [6.45, 7) is 6.39. The number of aryl methyl sites for hydroxylation is 1. The van der Waals surface area contributed by atoms with Gasteiger partial charge in [0.2, 0.25) is 0 Å². The van der Waals surface area contributed by atoms with Crippen LogP contribution in [0.1, 0.15) is 36.2 Å². The highest BCUT2D eigenvalue weighted by molar-refractivity contribution is 5.94. The van der Waals surface area contributed by atoms with Gasteiger partial charge in [-0.05, 0) is 31.4 Å². The van der Waals surface area contributed by atoms with Crippen molar-refractivity contribution in [2.75, 3.05) is 6.54 Å². The van der Waals surface area contributed by atoms with Gasteiger partial charge in [0.1, 0.15) is 0 Å². The Hall–Kier alpha value is -1.35. The summed E-state index contributed by atoms with van der Waals surface area (Å²) in [7, 11) is 0. The van der Waals surface area contributed by atoms with Crippen molar-refractivity contribution in [3.8, 4) is 0 Å². The van der Waals surface area contributed by atoms with E-state index in [1.165, 1.54) is 0 Å². The maximum atomic E-state index is 11.8. The van der Waals surface area contributed by atoms with Gasteiger partial charge in [0, 0.05) is 12.1 Å². The van der Waals surface area contributed by atoms with Gasteiger partial charge in [0.25, 0.3) is 5.91 Å². The Balaban J connectivity index is 2.40. The van der Waals surface area contributed by atoms with Crippen molar-refractivity contribution >= 4 is 5.91 Å². The van der Waals surface area contributed by atoms with Crippen molar-refractivity contribution in [1.82, 2.24) is 5.32 Å². The van der Waals surface area contributed by atoms with E-state index >= 15 is 0 Å². The predicted octanol–water partition coefficient (Wildman–Crippen LogP) is 2.13. The standard InChI is InChI=1S/C14H21NO2/c1-10(2)13(16)7-8-15-14(17)12-6-4-5-11(3)9-12/h4-6,9-10,13,16H,7-8H2,1-3H3,(H,15,17). The van der Waals surface area contributed by atoms with Crippen LogP contribution >= 0.6 is 0 Å². The van der Waals surface area contributed by atoms with Crippen molar-refractivity contribution in [2.24, 2.45) is 5.92 Å². The fourth-order valence-electron chi connectivity index (χ4n) is 1.56. The third-order valence-electron chi connectivity index (χ3n) is 2.78. The molecule has 0 aliphatic heterocycles. The van der Waals surface area contributed by atoms with Gasteiger partial charge in [0.05, 0.1) is 6.10 Å². The van der Waals surface area contributed by atoms with E-state index in [4.69, 9.17) is 0 Å². The molecule has 1 unspecified atom stereocenters. The normalized spacial score (nSPS) is 12.5. The van der Waals surface area contributed by atoms with E-state index < -0.39 is 0 Å². The molecular weight excluding hydrogens is 214 g/mol. The molecule has 1 atom stereocenters. The number of hydrogen-bond donors (Lipinski definition) is 2. The first-order valence-electron chi connectivity index (χ1n) is 6.03. The number of rotatable bonds is 5. The van der Waals surface area contributed by atoms with Gasteiger partial charge in [-0.1, -0.05) is 31.5 Å². The van der Waals surface area contributed by atoms with E-state index in [9.17, 15) is 9.90 Å². The zero-order valence-corrected chi connectivity index (χ0v) is 10.7. The van der Waals surface area contributed by atoms with Gasteiger partial charge in [0.15, 0.2) is 0 Å². The minimum absolute atomic E-state index is 0.0790. The molecule has 17 heavy (non-hydrogen) atoms. The highest BCUT2D eigenvalue weighted by Crippen LogP contribution is 2.06. The number of carbonyl (C=O) groups is 1. The van der Waals surface area contributed by atoms with Crippen LogP contribution in [0.3, 0.4) is 0 Å². The molecule has 0 spiro atoms. The second-order valence-corrected chi connectivity index (χ2v) is 4.73. The number of amides is 1. The minimum atomic E-state index is -0.354. The zero-order valence-electron chi connectivity index (χ0n) is 10.7. The lowest BCUT2D eigenvalue weighted by Gasteiger charge is -2.14. The molecule has 94 valence electrons. The van der Waals surface area contributed by atoms with E-state index in [1.807, 2.05) is 39.0 Å². The topological polar surface area (TPSA) is 49.3 Å². The Bertz CT molecular complexity index is 374. The lowest BCUT2D eigenvalue weighted by atomic mass is 10.0. The molecule has 0 heterocycles. The lowest BCUT2D eigenvalue weighted by molar-refractivity contribution is 0.0920. The number of aliphatic hydroxyl groups is 1. The molecule has 0 radical (unpaired) electrons. The molecule has 0 aliphatic carbocycles. The van der Waals surface area contributed by atoms with Gasteiger partial charge < -0.3 is 10.4 Å². The van der Waals surface area contributed by atoms with E-state index in [0.29, 0.717) is 18.5 Å². The summed E-state index contributed by atoms with van der Waals surface area (Å²) in [6.07, 6.45) is 0.239. The van der Waals surface area contributed by atoms with Crippen LogP contribution in [-0.2, 0) is 0 Å². The molecule has 3 nitrogen and oxygen atoms in total. The molecule has 0 saturated carbocycles. The Labute approximate surface area is 103 Å². The monoisotopic (exact) mass is 235 g/mol. The highest BCUT2D eigenvalue weighted by atomic mass is 16.3. The summed E-state index contributed by atoms with van der Waals surface area (Å²) in [4.78, 5) is 11.8. The number of nitrogens with one attached hydrogen (secondary N) is 1. The van der Waals surface area contributed by atoms with Gasteiger partial charge in [-0.25, -0.2) is 0 Å². The smallest absolute Gasteiger partial charge is 0.251 e. The van der Waals surface area contributed by atoms with Gasteiger partial charge >= 0.3 is 0 Å². The predicted molar refractivity (Wildman–Crippen MR) is 69.0 cm³/mol. The van der Waals surface area contributed by atoms with Gasteiger partial charge in [-0.2, -0.15) is 0 Å². The first-order valence-corrected chi connectivity index (χ1v) is 6.03. The summed E-state index contributed by atoms with van der Waals surface area (Å²) in [5, 5.41) is 12.4. The number of carbonyl (C=O) groups excluding carboxylic acids is 1. The Morgan fingerprint density at radius 1 is 1.41 bits per heavy atom. The SMILES string of the molecule is Cc1cccc(C(=O)NCCC(O)C(C)C)c1. The fourth-order valence-corrected chi connectivity index (χ4v) is 1.56. The summed E-state index contributed by atoms with van der Waals surface area (Å²) < 4.78 is 0. The summed E-state index contributed by atoms with van der Waals surface area (Å²) in [6, 6.07) is 7.47. The van der Waals surface area contributed by atoms with E-state index in [2.05, 4.69) is 5.32 Å². The number of hydrogen-bond acceptors (Lipinski definition) is 2. The average Bonchev–Trinajstić information content (AvgIpc) is 2.28. The molecule has 0 fully saturated rings. The van der Waals surface area contributed by atoms with Crippen molar-refractivity contribution in [2.45, 2.75) is 33.3 Å². The molecule has 0 aliphatic rings. The lowest BCUT2D eigenvalue weighted by Crippen LogP contribution is -2.28. The second-order valence-electron chi connectivity index (χ2n) is 4.73. The first kappa shape index (κ1) is 13.7. The third-order valence-corrected chi connectivity index (χ3v) is 2.78. The van der Waals surface area contributed by atoms with Crippen LogP contribution in [0.15, 0.2) is 24.3 Å². The van der Waals surface area contributed by atoms with Crippen LogP contribution in [0.25, 0.3) is 0 Å². The number of benzene rings is 1. The summed E-state index contributed by atoms with van der Waals surface area (Å²) in [5.41, 5.74) is 1.74. The van der Waals surface area contributed by atoms with Crippen molar-refractivity contribution in [3.05, 3.63) is 35.4 Å². The molecule has 1 rings (SSSR count). The largest absolute Gasteiger partial charge is 0.393 e. The maximum absolute atomic E-state index is 11.8. The zero-order chi connectivity index (χ0) is 12.8. The Kier molecular flexibility index (Phi) is 5.16. The molecule has 1 aromatic rings. The average molecular weight is 235 g/mol. The van der Waals surface area contributed by atoms with Gasteiger partial charge in [-0.15, -0.1) is 0 Å². The third kappa shape index (κ3) is 4.57. The molecule has 1 aromatic carbocycles. The highest BCUT2D eigenvalue weighted by Gasteiger charge is 2.10. The first-order chi connectivity index (χ1) is 8.00. The van der Waals surface area contributed by atoms with Crippen LogP contribution in [0.4, 0.5) is 0 Å². The number of aliphatic hydroxyl groups excluding tert-OH is 1. The fraction of sp³-hybridized carbons (Fsp3) is 0.500. The quantitative estimate of drug-likeness (QED) is 0.821. The maximum Gasteiger partial charge on any atom is 0.251 e. The molecule has 2 N–H and O–H groups in total. The van der Waals surface area contributed by atoms with Crippen LogP contribution in [0, 0.1) is 12.8 Å². The van der Waals surface area contributed by atoms with E-state index in [0.717, 1.165) is 5.56 Å². The Morgan fingerprint density at radius 3 is 2.71 bits per heavy atom. The molecule has 0 aromatic heterocycles. The minimum Gasteiger partial charge on any atom is -0.393 e. The molecule has 3 heteroatoms. The van der Waals surface area contributed by atoms with Crippen LogP contribution in [0.5, 0.6) is 0 Å². The van der Waals surface area contributed by atoms with E-state index in [1.54, 1.807) is 6.07 Å². The van der Waals surface area contributed by atoms with Gasteiger partial charge in [-0.3, -0.25) is 4.79 Å². The Morgan fingerprint density at radius 2 is 2.12 bits per heavy atom. The molecular formula is C14H21NO2. The van der Waals surface area contributed by atoms with Crippen molar-refractivity contribution < 1.29 is 9.90 Å². The second kappa shape index (κ2) is 6.40. The van der Waals surface area contributed by atoms with Crippen molar-refractivity contribution in [3.63, 3.8) is 0 Å². The van der Waals surface area contributed by atoms with E-state index in [-0.39, 0.29) is 17.9 Å². The molecule has 0 bridgehead atoms.